The van der Waals surface area contributed by atoms with Crippen LogP contribution in [0, 0.1) is 0 Å². The molecule has 0 amide bonds. The van der Waals surface area contributed by atoms with Crippen LogP contribution in [0.15, 0.2) is 29.2 Å². The van der Waals surface area contributed by atoms with Gasteiger partial charge in [-0.1, -0.05) is 0 Å². The number of hydrogen-bond donors (Lipinski definition) is 2. The van der Waals surface area contributed by atoms with E-state index < -0.39 is 21.3 Å². The zero-order valence-electron chi connectivity index (χ0n) is 10.1. The molecule has 0 spiro atoms. The van der Waals surface area contributed by atoms with Gasteiger partial charge in [0, 0.05) is 6.26 Å². The number of benzene rings is 1. The van der Waals surface area contributed by atoms with Crippen LogP contribution < -0.4 is 10.5 Å². The molecule has 0 aromatic heterocycles. The zero-order chi connectivity index (χ0) is 14.0. The molecule has 1 aromatic rings. The molecule has 1 rings (SSSR count). The van der Waals surface area contributed by atoms with Gasteiger partial charge in [-0.2, -0.15) is 0 Å². The molecule has 0 heterocycles. The van der Waals surface area contributed by atoms with Gasteiger partial charge in [0.2, 0.25) is 0 Å². The molecular formula is C11H15NO5S. The molecule has 1 atom stereocenters. The molecule has 0 aliphatic heterocycles. The summed E-state index contributed by atoms with van der Waals surface area (Å²) >= 11 is 0. The highest BCUT2D eigenvalue weighted by molar-refractivity contribution is 7.90. The summed E-state index contributed by atoms with van der Waals surface area (Å²) in [6.07, 6.45) is 1.10. The minimum Gasteiger partial charge on any atom is -0.491 e. The van der Waals surface area contributed by atoms with Crippen LogP contribution in [-0.2, 0) is 14.6 Å². The zero-order valence-corrected chi connectivity index (χ0v) is 10.9. The van der Waals surface area contributed by atoms with E-state index in [2.05, 4.69) is 0 Å². The fourth-order valence-corrected chi connectivity index (χ4v) is 1.71. The smallest absolute Gasteiger partial charge is 0.326 e. The topological polar surface area (TPSA) is 107 Å². The Balaban J connectivity index is 2.74. The summed E-state index contributed by atoms with van der Waals surface area (Å²) in [5.41, 5.74) is 4.00. The molecule has 3 N–H and O–H groups in total. The number of carbonyl (C=O) groups is 1. The van der Waals surface area contributed by atoms with Gasteiger partial charge >= 0.3 is 5.97 Å². The first-order valence-electron chi connectivity index (χ1n) is 5.08. The molecular weight excluding hydrogens is 258 g/mol. The van der Waals surface area contributed by atoms with Crippen LogP contribution in [0.5, 0.6) is 5.75 Å². The number of carboxylic acids is 1. The van der Waals surface area contributed by atoms with Crippen LogP contribution in [0.25, 0.3) is 0 Å². The van der Waals surface area contributed by atoms with Gasteiger partial charge in [-0.05, 0) is 31.2 Å². The number of hydrogen-bond acceptors (Lipinski definition) is 5. The van der Waals surface area contributed by atoms with E-state index in [4.69, 9.17) is 15.6 Å². The largest absolute Gasteiger partial charge is 0.491 e. The summed E-state index contributed by atoms with van der Waals surface area (Å²) < 4.78 is 27.6. The van der Waals surface area contributed by atoms with Crippen molar-refractivity contribution in [3.8, 4) is 5.75 Å². The van der Waals surface area contributed by atoms with Crippen molar-refractivity contribution in [2.75, 3.05) is 12.9 Å². The minimum absolute atomic E-state index is 0.170. The lowest BCUT2D eigenvalue weighted by molar-refractivity contribution is -0.143. The van der Waals surface area contributed by atoms with Gasteiger partial charge in [0.25, 0.3) is 0 Å². The molecule has 7 heteroatoms. The Bertz CT molecular complexity index is 533. The van der Waals surface area contributed by atoms with Crippen molar-refractivity contribution < 1.29 is 23.1 Å². The molecule has 100 valence electrons. The molecule has 0 radical (unpaired) electrons. The summed E-state index contributed by atoms with van der Waals surface area (Å²) in [7, 11) is -3.25. The maximum absolute atomic E-state index is 11.2. The van der Waals surface area contributed by atoms with Crippen LogP contribution in [-0.4, -0.2) is 37.9 Å². The number of rotatable bonds is 5. The molecule has 18 heavy (non-hydrogen) atoms. The maximum atomic E-state index is 11.2. The first-order valence-corrected chi connectivity index (χ1v) is 6.97. The highest BCUT2D eigenvalue weighted by Crippen LogP contribution is 2.16. The van der Waals surface area contributed by atoms with Crippen molar-refractivity contribution >= 4 is 15.8 Å². The number of sulfone groups is 1. The Hall–Kier alpha value is -1.60. The fraction of sp³-hybridized carbons (Fsp3) is 0.364. The molecule has 6 nitrogen and oxygen atoms in total. The van der Waals surface area contributed by atoms with Gasteiger partial charge in [-0.25, -0.2) is 8.42 Å². The van der Waals surface area contributed by atoms with E-state index in [0.29, 0.717) is 5.75 Å². The summed E-state index contributed by atoms with van der Waals surface area (Å²) in [6.45, 7) is 1.13. The molecule has 1 aromatic carbocycles. The summed E-state index contributed by atoms with van der Waals surface area (Å²) in [5, 5.41) is 8.79. The highest BCUT2D eigenvalue weighted by atomic mass is 32.2. The van der Waals surface area contributed by atoms with Crippen molar-refractivity contribution in [3.05, 3.63) is 24.3 Å². The van der Waals surface area contributed by atoms with Crippen LogP contribution in [0.1, 0.15) is 6.92 Å². The number of ether oxygens (including phenoxy) is 1. The molecule has 0 bridgehead atoms. The number of carboxylic acid groups (broad SMARTS) is 1. The second kappa shape index (κ2) is 4.95. The average molecular weight is 273 g/mol. The molecule has 0 saturated carbocycles. The van der Waals surface area contributed by atoms with E-state index in [1.807, 2.05) is 0 Å². The summed E-state index contributed by atoms with van der Waals surface area (Å²) in [6, 6.07) is 5.68. The van der Waals surface area contributed by atoms with Gasteiger partial charge < -0.3 is 15.6 Å². The Morgan fingerprint density at radius 3 is 2.28 bits per heavy atom. The first kappa shape index (κ1) is 14.5. The van der Waals surface area contributed by atoms with Crippen molar-refractivity contribution in [2.24, 2.45) is 5.73 Å². The third kappa shape index (κ3) is 3.71. The Kier molecular flexibility index (Phi) is 3.98. The predicted molar refractivity (Wildman–Crippen MR) is 65.3 cm³/mol. The van der Waals surface area contributed by atoms with E-state index >= 15 is 0 Å². The van der Waals surface area contributed by atoms with Gasteiger partial charge in [0.05, 0.1) is 4.90 Å². The minimum atomic E-state index is -3.25. The summed E-state index contributed by atoms with van der Waals surface area (Å²) in [4.78, 5) is 10.9. The third-order valence-electron chi connectivity index (χ3n) is 2.28. The molecule has 0 aliphatic carbocycles. The highest BCUT2D eigenvalue weighted by Gasteiger charge is 2.28. The second-order valence-corrected chi connectivity index (χ2v) is 6.27. The SMILES string of the molecule is CC(N)(COc1ccc(S(C)(=O)=O)cc1)C(=O)O. The quantitative estimate of drug-likeness (QED) is 0.797. The Morgan fingerprint density at radius 1 is 1.39 bits per heavy atom. The second-order valence-electron chi connectivity index (χ2n) is 4.25. The summed E-state index contributed by atoms with van der Waals surface area (Å²) in [5.74, 6) is -0.810. The van der Waals surface area contributed by atoms with E-state index in [1.54, 1.807) is 0 Å². The average Bonchev–Trinajstić information content (AvgIpc) is 2.25. The monoisotopic (exact) mass is 273 g/mol. The number of aliphatic carboxylic acids is 1. The number of nitrogens with two attached hydrogens (primary N) is 1. The van der Waals surface area contributed by atoms with Crippen LogP contribution >= 0.6 is 0 Å². The first-order chi connectivity index (χ1) is 8.13. The molecule has 0 aliphatic rings. The van der Waals surface area contributed by atoms with Gasteiger partial charge in [-0.3, -0.25) is 4.79 Å². The van der Waals surface area contributed by atoms with Gasteiger partial charge in [-0.15, -0.1) is 0 Å². The lowest BCUT2D eigenvalue weighted by Gasteiger charge is -2.19. The fourth-order valence-electron chi connectivity index (χ4n) is 1.08. The Morgan fingerprint density at radius 2 is 1.89 bits per heavy atom. The van der Waals surface area contributed by atoms with Crippen molar-refractivity contribution in [3.63, 3.8) is 0 Å². The lowest BCUT2D eigenvalue weighted by Crippen LogP contribution is -2.49. The van der Waals surface area contributed by atoms with Crippen molar-refractivity contribution in [1.82, 2.24) is 0 Å². The van der Waals surface area contributed by atoms with Crippen molar-refractivity contribution in [1.29, 1.82) is 0 Å². The third-order valence-corrected chi connectivity index (χ3v) is 3.41. The maximum Gasteiger partial charge on any atom is 0.326 e. The molecule has 1 unspecified atom stereocenters. The van der Waals surface area contributed by atoms with E-state index in [-0.39, 0.29) is 11.5 Å². The lowest BCUT2D eigenvalue weighted by atomic mass is 10.1. The molecule has 0 saturated heterocycles. The standard InChI is InChI=1S/C11H15NO5S/c1-11(12,10(13)14)7-17-8-3-5-9(6-4-8)18(2,15)16/h3-6H,7,12H2,1-2H3,(H,13,14). The van der Waals surface area contributed by atoms with Crippen LogP contribution in [0.3, 0.4) is 0 Å². The normalized spacial score (nSPS) is 14.8. The van der Waals surface area contributed by atoms with E-state index in [1.165, 1.54) is 31.2 Å². The molecule has 0 fully saturated rings. The van der Waals surface area contributed by atoms with Crippen molar-refractivity contribution in [2.45, 2.75) is 17.4 Å². The van der Waals surface area contributed by atoms with Gasteiger partial charge in [0.15, 0.2) is 9.84 Å². The van der Waals surface area contributed by atoms with E-state index in [0.717, 1.165) is 6.26 Å². The predicted octanol–water partition coefficient (Wildman–Crippen LogP) is 0.271. The van der Waals surface area contributed by atoms with E-state index in [9.17, 15) is 13.2 Å². The van der Waals surface area contributed by atoms with Crippen LogP contribution in [0.4, 0.5) is 0 Å². The van der Waals surface area contributed by atoms with Crippen LogP contribution in [0.2, 0.25) is 0 Å². The van der Waals surface area contributed by atoms with Gasteiger partial charge in [0.1, 0.15) is 17.9 Å². The Labute approximate surface area is 105 Å².